The highest BCUT2D eigenvalue weighted by Crippen LogP contribution is 2.28. The second-order valence-corrected chi connectivity index (χ2v) is 8.80. The minimum atomic E-state index is -0.197. The van der Waals surface area contributed by atoms with Crippen molar-refractivity contribution in [1.82, 2.24) is 9.80 Å². The lowest BCUT2D eigenvalue weighted by atomic mass is 10.1. The number of hydrogen-bond acceptors (Lipinski definition) is 6. The molecular weight excluding hydrogens is 472 g/mol. The number of nitrogens with zero attached hydrogens (tertiary/aromatic N) is 2. The van der Waals surface area contributed by atoms with Gasteiger partial charge in [0.25, 0.3) is 5.91 Å². The van der Waals surface area contributed by atoms with E-state index in [9.17, 15) is 9.59 Å². The highest BCUT2D eigenvalue weighted by molar-refractivity contribution is 5.97. The molecule has 3 aromatic rings. The van der Waals surface area contributed by atoms with Crippen LogP contribution in [0.3, 0.4) is 0 Å². The molecule has 0 fully saturated rings. The first-order valence-electron chi connectivity index (χ1n) is 12.2. The number of carbonyl (C=O) groups is 2. The lowest BCUT2D eigenvalue weighted by molar-refractivity contribution is -0.132. The van der Waals surface area contributed by atoms with Crippen LogP contribution in [-0.4, -0.2) is 69.2 Å². The van der Waals surface area contributed by atoms with Crippen LogP contribution in [0, 0.1) is 13.8 Å². The number of amides is 2. The Morgan fingerprint density at radius 2 is 1.62 bits per heavy atom. The van der Waals surface area contributed by atoms with Gasteiger partial charge in [-0.1, -0.05) is 24.3 Å². The molecule has 8 heteroatoms. The Balaban J connectivity index is 1.80. The first-order valence-corrected chi connectivity index (χ1v) is 12.2. The molecule has 0 unspecified atom stereocenters. The van der Waals surface area contributed by atoms with E-state index in [1.165, 1.54) is 0 Å². The van der Waals surface area contributed by atoms with Crippen LogP contribution < -0.4 is 9.47 Å². The van der Waals surface area contributed by atoms with E-state index in [2.05, 4.69) is 0 Å². The molecule has 0 bridgehead atoms. The molecule has 0 spiro atoms. The van der Waals surface area contributed by atoms with Gasteiger partial charge in [-0.3, -0.25) is 9.59 Å². The van der Waals surface area contributed by atoms with Gasteiger partial charge in [0.05, 0.1) is 27.4 Å². The maximum atomic E-state index is 13.6. The number of aryl methyl sites for hydroxylation is 2. The lowest BCUT2D eigenvalue weighted by Crippen LogP contribution is -2.44. The van der Waals surface area contributed by atoms with Crippen LogP contribution >= 0.6 is 0 Å². The highest BCUT2D eigenvalue weighted by Gasteiger charge is 2.24. The predicted molar refractivity (Wildman–Crippen MR) is 141 cm³/mol. The van der Waals surface area contributed by atoms with Crippen molar-refractivity contribution in [3.05, 3.63) is 82.8 Å². The van der Waals surface area contributed by atoms with E-state index < -0.39 is 0 Å². The van der Waals surface area contributed by atoms with Crippen molar-refractivity contribution in [2.45, 2.75) is 26.8 Å². The second-order valence-electron chi connectivity index (χ2n) is 8.80. The molecule has 0 atom stereocenters. The molecule has 0 saturated carbocycles. The standard InChI is InChI=1S/C29H36N2O6/c1-21-8-6-7-9-25(21)29(33)31(16-17-34-3)20-28(32)30(19-24-12-10-22(2)37-24)15-14-23-11-13-26(35-4)27(18-23)36-5/h6-13,18H,14-17,19-20H2,1-5H3. The van der Waals surface area contributed by atoms with E-state index in [0.29, 0.717) is 55.5 Å². The SMILES string of the molecule is COCCN(CC(=O)N(CCc1ccc(OC)c(OC)c1)Cc1ccc(C)o1)C(=O)c1ccccc1C. The lowest BCUT2D eigenvalue weighted by Gasteiger charge is -2.28. The quantitative estimate of drug-likeness (QED) is 0.343. The molecule has 0 aliphatic rings. The fraction of sp³-hybridized carbons (Fsp3) is 0.379. The zero-order valence-corrected chi connectivity index (χ0v) is 22.3. The van der Waals surface area contributed by atoms with Crippen LogP contribution in [0.2, 0.25) is 0 Å². The zero-order chi connectivity index (χ0) is 26.8. The minimum Gasteiger partial charge on any atom is -0.493 e. The summed E-state index contributed by atoms with van der Waals surface area (Å²) in [6.07, 6.45) is 0.593. The number of ether oxygens (including phenoxy) is 3. The Bertz CT molecular complexity index is 1190. The maximum absolute atomic E-state index is 13.6. The summed E-state index contributed by atoms with van der Waals surface area (Å²) in [5.74, 6) is 2.37. The van der Waals surface area contributed by atoms with Gasteiger partial charge in [-0.15, -0.1) is 0 Å². The van der Waals surface area contributed by atoms with E-state index in [-0.39, 0.29) is 18.4 Å². The van der Waals surface area contributed by atoms with Crippen LogP contribution in [0.1, 0.15) is 33.0 Å². The first kappa shape index (κ1) is 27.8. The molecule has 2 amide bonds. The molecule has 1 heterocycles. The van der Waals surface area contributed by atoms with E-state index in [1.54, 1.807) is 37.2 Å². The van der Waals surface area contributed by atoms with Gasteiger partial charge in [-0.2, -0.15) is 0 Å². The number of hydrogen-bond donors (Lipinski definition) is 0. The topological polar surface area (TPSA) is 81.5 Å². The first-order chi connectivity index (χ1) is 17.9. The van der Waals surface area contributed by atoms with Crippen molar-refractivity contribution in [3.63, 3.8) is 0 Å². The number of rotatable bonds is 13. The summed E-state index contributed by atoms with van der Waals surface area (Å²) < 4.78 is 21.7. The van der Waals surface area contributed by atoms with Crippen LogP contribution in [0.25, 0.3) is 0 Å². The van der Waals surface area contributed by atoms with Crippen LogP contribution in [0.4, 0.5) is 0 Å². The summed E-state index contributed by atoms with van der Waals surface area (Å²) in [6, 6.07) is 16.8. The number of benzene rings is 2. The van der Waals surface area contributed by atoms with Gasteiger partial charge in [0, 0.05) is 25.8 Å². The zero-order valence-electron chi connectivity index (χ0n) is 22.3. The van der Waals surface area contributed by atoms with E-state index in [1.807, 2.05) is 62.4 Å². The van der Waals surface area contributed by atoms with Crippen LogP contribution in [0.5, 0.6) is 11.5 Å². The van der Waals surface area contributed by atoms with Crippen LogP contribution in [0.15, 0.2) is 59.0 Å². The van der Waals surface area contributed by atoms with E-state index in [0.717, 1.165) is 16.9 Å². The molecule has 2 aromatic carbocycles. The smallest absolute Gasteiger partial charge is 0.254 e. The Hall–Kier alpha value is -3.78. The van der Waals surface area contributed by atoms with Gasteiger partial charge in [-0.05, 0) is 61.7 Å². The molecule has 0 saturated heterocycles. The summed E-state index contributed by atoms with van der Waals surface area (Å²) in [5, 5.41) is 0. The molecule has 0 N–H and O–H groups in total. The third-order valence-corrected chi connectivity index (χ3v) is 6.17. The Morgan fingerprint density at radius 3 is 2.27 bits per heavy atom. The third kappa shape index (κ3) is 7.60. The highest BCUT2D eigenvalue weighted by atomic mass is 16.5. The predicted octanol–water partition coefficient (Wildman–Crippen LogP) is 4.27. The Morgan fingerprint density at radius 1 is 0.865 bits per heavy atom. The van der Waals surface area contributed by atoms with Crippen molar-refractivity contribution in [2.75, 3.05) is 47.6 Å². The fourth-order valence-corrected chi connectivity index (χ4v) is 4.05. The van der Waals surface area contributed by atoms with Crippen molar-refractivity contribution < 1.29 is 28.2 Å². The Kier molecular flexibility index (Phi) is 10.1. The van der Waals surface area contributed by atoms with Gasteiger partial charge in [0.15, 0.2) is 11.5 Å². The monoisotopic (exact) mass is 508 g/mol. The average molecular weight is 509 g/mol. The molecular formula is C29H36N2O6. The van der Waals surface area contributed by atoms with Crippen molar-refractivity contribution in [2.24, 2.45) is 0 Å². The third-order valence-electron chi connectivity index (χ3n) is 6.17. The Labute approximate surface area is 218 Å². The summed E-state index contributed by atoms with van der Waals surface area (Å²) in [7, 11) is 4.76. The maximum Gasteiger partial charge on any atom is 0.254 e. The van der Waals surface area contributed by atoms with Gasteiger partial charge in [0.2, 0.25) is 5.91 Å². The summed E-state index contributed by atoms with van der Waals surface area (Å²) >= 11 is 0. The van der Waals surface area contributed by atoms with E-state index in [4.69, 9.17) is 18.6 Å². The normalized spacial score (nSPS) is 10.7. The summed E-state index contributed by atoms with van der Waals surface area (Å²) in [5.41, 5.74) is 2.43. The summed E-state index contributed by atoms with van der Waals surface area (Å²) in [4.78, 5) is 30.2. The van der Waals surface area contributed by atoms with Gasteiger partial charge >= 0.3 is 0 Å². The molecule has 37 heavy (non-hydrogen) atoms. The molecule has 8 nitrogen and oxygen atoms in total. The van der Waals surface area contributed by atoms with Crippen LogP contribution in [-0.2, 0) is 22.5 Å². The van der Waals surface area contributed by atoms with Crippen molar-refractivity contribution in [1.29, 1.82) is 0 Å². The molecule has 0 aliphatic carbocycles. The van der Waals surface area contributed by atoms with Crippen molar-refractivity contribution >= 4 is 11.8 Å². The average Bonchev–Trinajstić information content (AvgIpc) is 3.32. The van der Waals surface area contributed by atoms with Gasteiger partial charge < -0.3 is 28.4 Å². The van der Waals surface area contributed by atoms with Gasteiger partial charge in [-0.25, -0.2) is 0 Å². The molecule has 1 aromatic heterocycles. The number of furan rings is 1. The molecule has 0 radical (unpaired) electrons. The van der Waals surface area contributed by atoms with Gasteiger partial charge in [0.1, 0.15) is 18.1 Å². The van der Waals surface area contributed by atoms with E-state index >= 15 is 0 Å². The molecule has 3 rings (SSSR count). The largest absolute Gasteiger partial charge is 0.493 e. The minimum absolute atomic E-state index is 0.0673. The number of carbonyl (C=O) groups excluding carboxylic acids is 2. The summed E-state index contributed by atoms with van der Waals surface area (Å²) in [6.45, 7) is 5.06. The number of methoxy groups -OCH3 is 3. The molecule has 0 aliphatic heterocycles. The second kappa shape index (κ2) is 13.5. The molecule has 198 valence electrons. The van der Waals surface area contributed by atoms with Crippen molar-refractivity contribution in [3.8, 4) is 11.5 Å². The fourth-order valence-electron chi connectivity index (χ4n) is 4.05.